The average Bonchev–Trinajstić information content (AvgIpc) is 3.12. The van der Waals surface area contributed by atoms with Gasteiger partial charge in [-0.3, -0.25) is 10.1 Å². The summed E-state index contributed by atoms with van der Waals surface area (Å²) in [6.07, 6.45) is -1.63. The smallest absolute Gasteiger partial charge is 0.434 e. The van der Waals surface area contributed by atoms with Crippen LogP contribution in [0.25, 0.3) is 5.57 Å². The molecule has 0 unspecified atom stereocenters. The lowest BCUT2D eigenvalue weighted by Crippen LogP contribution is -2.16. The van der Waals surface area contributed by atoms with Gasteiger partial charge in [0.1, 0.15) is 6.33 Å². The van der Waals surface area contributed by atoms with Crippen LogP contribution >= 0.6 is 11.3 Å². The second-order valence-electron chi connectivity index (χ2n) is 5.47. The van der Waals surface area contributed by atoms with Crippen LogP contribution < -0.4 is 14.8 Å². The normalized spacial score (nSPS) is 14.4. The molecule has 3 rings (SSSR count). The lowest BCUT2D eigenvalue weighted by Gasteiger charge is -2.13. The third kappa shape index (κ3) is 4.07. The summed E-state index contributed by atoms with van der Waals surface area (Å²) in [4.78, 5) is 23.8. The summed E-state index contributed by atoms with van der Waals surface area (Å²) in [6, 6.07) is 0. The molecule has 0 fully saturated rings. The molecule has 0 atom stereocenters. The number of rotatable bonds is 5. The maximum Gasteiger partial charge on any atom is 0.434 e. The van der Waals surface area contributed by atoms with Gasteiger partial charge in [0.25, 0.3) is 5.91 Å². The number of alkyl halides is 3. The number of nitrogens with one attached hydrogen (secondary N) is 1. The molecular weight excluding hydrogens is 401 g/mol. The molecule has 8 nitrogen and oxygen atoms in total. The molecule has 2 aromatic heterocycles. The van der Waals surface area contributed by atoms with Gasteiger partial charge in [0.2, 0.25) is 11.8 Å². The first-order valence-corrected chi connectivity index (χ1v) is 8.76. The highest BCUT2D eigenvalue weighted by Gasteiger charge is 2.39. The molecule has 0 saturated heterocycles. The van der Waals surface area contributed by atoms with Crippen LogP contribution in [0.3, 0.4) is 0 Å². The van der Waals surface area contributed by atoms with Crippen molar-refractivity contribution in [3.8, 4) is 11.8 Å². The minimum atomic E-state index is -4.67. The molecule has 1 aliphatic heterocycles. The second kappa shape index (κ2) is 8.10. The maximum absolute atomic E-state index is 13.4. The zero-order chi connectivity index (χ0) is 20.3. The fourth-order valence-electron chi connectivity index (χ4n) is 2.53. The Hall–Kier alpha value is -2.73. The van der Waals surface area contributed by atoms with Crippen molar-refractivity contribution in [1.82, 2.24) is 15.0 Å². The number of thiazole rings is 1. The van der Waals surface area contributed by atoms with Gasteiger partial charge in [0.15, 0.2) is 16.4 Å². The molecule has 1 aliphatic rings. The van der Waals surface area contributed by atoms with E-state index in [9.17, 15) is 18.0 Å². The molecule has 0 aromatic carbocycles. The summed E-state index contributed by atoms with van der Waals surface area (Å²) in [5.41, 5.74) is -0.720. The molecule has 0 saturated carbocycles. The molecule has 28 heavy (non-hydrogen) atoms. The van der Waals surface area contributed by atoms with Crippen molar-refractivity contribution >= 4 is 27.9 Å². The van der Waals surface area contributed by atoms with Crippen molar-refractivity contribution in [3.63, 3.8) is 0 Å². The van der Waals surface area contributed by atoms with Gasteiger partial charge in [-0.25, -0.2) is 15.0 Å². The number of carbonyl (C=O) groups excluding carboxylic acids is 1. The van der Waals surface area contributed by atoms with E-state index in [0.29, 0.717) is 18.6 Å². The predicted molar refractivity (Wildman–Crippen MR) is 93.6 cm³/mol. The minimum Gasteiger partial charge on any atom is -0.480 e. The predicted octanol–water partition coefficient (Wildman–Crippen LogP) is 3.03. The van der Waals surface area contributed by atoms with E-state index in [0.717, 1.165) is 17.7 Å². The fraction of sp³-hybridized carbons (Fsp3) is 0.375. The van der Waals surface area contributed by atoms with Gasteiger partial charge in [0, 0.05) is 0 Å². The van der Waals surface area contributed by atoms with Crippen molar-refractivity contribution in [2.24, 2.45) is 0 Å². The van der Waals surface area contributed by atoms with E-state index < -0.39 is 17.8 Å². The van der Waals surface area contributed by atoms with Crippen molar-refractivity contribution in [1.29, 1.82) is 0 Å². The van der Waals surface area contributed by atoms with Crippen LogP contribution in [0.4, 0.5) is 18.3 Å². The quantitative estimate of drug-likeness (QED) is 0.800. The summed E-state index contributed by atoms with van der Waals surface area (Å²) >= 11 is 0.733. The molecule has 2 aromatic rings. The fourth-order valence-corrected chi connectivity index (χ4v) is 3.58. The Labute approximate surface area is 161 Å². The number of aromatic nitrogens is 3. The van der Waals surface area contributed by atoms with Crippen LogP contribution in [-0.4, -0.2) is 48.3 Å². The third-order valence-electron chi connectivity index (χ3n) is 3.76. The minimum absolute atomic E-state index is 0.0469. The van der Waals surface area contributed by atoms with Crippen LogP contribution in [0.2, 0.25) is 0 Å². The standard InChI is InChI=1S/C16H15F3N4O4S/c1-25-13-9(14(26-2)21-7-20-13)12(24)23-15-22-11(16(17,18)19)10(28-15)8-3-5-27-6-4-8/h3,7H,4-6H2,1-2H3,(H,22,23,24). The molecule has 0 bridgehead atoms. The van der Waals surface area contributed by atoms with Gasteiger partial charge in [0.05, 0.1) is 32.3 Å². The Kier molecular flexibility index (Phi) is 5.79. The molecule has 0 radical (unpaired) electrons. The third-order valence-corrected chi connectivity index (χ3v) is 4.81. The van der Waals surface area contributed by atoms with Gasteiger partial charge < -0.3 is 14.2 Å². The number of hydrogen-bond acceptors (Lipinski definition) is 8. The Morgan fingerprint density at radius 1 is 1.25 bits per heavy atom. The van der Waals surface area contributed by atoms with Crippen molar-refractivity contribution in [2.45, 2.75) is 12.6 Å². The van der Waals surface area contributed by atoms with Crippen LogP contribution in [-0.2, 0) is 10.9 Å². The topological polar surface area (TPSA) is 95.5 Å². The van der Waals surface area contributed by atoms with Crippen molar-refractivity contribution in [2.75, 3.05) is 32.8 Å². The Balaban J connectivity index is 1.96. The zero-order valence-electron chi connectivity index (χ0n) is 14.8. The van der Waals surface area contributed by atoms with Crippen LogP contribution in [0.5, 0.6) is 11.8 Å². The Morgan fingerprint density at radius 3 is 2.46 bits per heavy atom. The summed E-state index contributed by atoms with van der Waals surface area (Å²) in [5, 5.41) is 2.13. The van der Waals surface area contributed by atoms with Gasteiger partial charge in [-0.2, -0.15) is 13.2 Å². The monoisotopic (exact) mass is 416 g/mol. The Morgan fingerprint density at radius 2 is 1.93 bits per heavy atom. The first-order valence-electron chi connectivity index (χ1n) is 7.94. The number of hydrogen-bond donors (Lipinski definition) is 1. The van der Waals surface area contributed by atoms with E-state index in [2.05, 4.69) is 20.3 Å². The molecular formula is C16H15F3N4O4S. The van der Waals surface area contributed by atoms with Crippen molar-refractivity contribution in [3.05, 3.63) is 28.5 Å². The summed E-state index contributed by atoms with van der Waals surface area (Å²) in [6.45, 7) is 0.542. The summed E-state index contributed by atoms with van der Waals surface area (Å²) in [5.74, 6) is -0.960. The van der Waals surface area contributed by atoms with Crippen LogP contribution in [0, 0.1) is 0 Å². The van der Waals surface area contributed by atoms with E-state index in [-0.39, 0.29) is 33.9 Å². The number of nitrogens with zero attached hydrogens (tertiary/aromatic N) is 3. The van der Waals surface area contributed by atoms with Crippen LogP contribution in [0.15, 0.2) is 12.4 Å². The number of carbonyl (C=O) groups is 1. The molecule has 0 aliphatic carbocycles. The number of halogens is 3. The highest BCUT2D eigenvalue weighted by Crippen LogP contribution is 2.41. The lowest BCUT2D eigenvalue weighted by atomic mass is 10.1. The molecule has 3 heterocycles. The lowest BCUT2D eigenvalue weighted by molar-refractivity contribution is -0.140. The second-order valence-corrected chi connectivity index (χ2v) is 6.47. The molecule has 12 heteroatoms. The first kappa shape index (κ1) is 20.0. The number of amides is 1. The number of ether oxygens (including phenoxy) is 3. The average molecular weight is 416 g/mol. The van der Waals surface area contributed by atoms with Crippen LogP contribution in [0.1, 0.15) is 27.3 Å². The van der Waals surface area contributed by atoms with E-state index in [1.54, 1.807) is 6.08 Å². The SMILES string of the molecule is COc1ncnc(OC)c1C(=O)Nc1nc(C(F)(F)F)c(C2=CCOCC2)s1. The van der Waals surface area contributed by atoms with E-state index in [4.69, 9.17) is 14.2 Å². The van der Waals surface area contributed by atoms with E-state index in [1.165, 1.54) is 14.2 Å². The van der Waals surface area contributed by atoms with Gasteiger partial charge in [-0.15, -0.1) is 0 Å². The molecule has 1 amide bonds. The summed E-state index contributed by atoms with van der Waals surface area (Å²) in [7, 11) is 2.58. The largest absolute Gasteiger partial charge is 0.480 e. The molecule has 0 spiro atoms. The Bertz CT molecular complexity index is 892. The first-order chi connectivity index (χ1) is 13.3. The highest BCUT2D eigenvalue weighted by atomic mass is 32.1. The van der Waals surface area contributed by atoms with Gasteiger partial charge in [-0.05, 0) is 12.0 Å². The van der Waals surface area contributed by atoms with E-state index >= 15 is 0 Å². The highest BCUT2D eigenvalue weighted by molar-refractivity contribution is 7.17. The maximum atomic E-state index is 13.4. The van der Waals surface area contributed by atoms with Gasteiger partial charge in [-0.1, -0.05) is 17.4 Å². The summed E-state index contributed by atoms with van der Waals surface area (Å²) < 4.78 is 55.5. The van der Waals surface area contributed by atoms with Gasteiger partial charge >= 0.3 is 6.18 Å². The zero-order valence-corrected chi connectivity index (χ0v) is 15.6. The molecule has 1 N–H and O–H groups in total. The number of methoxy groups -OCH3 is 2. The number of anilines is 1. The molecule has 150 valence electrons. The van der Waals surface area contributed by atoms with Crippen molar-refractivity contribution < 1.29 is 32.2 Å². The van der Waals surface area contributed by atoms with E-state index in [1.807, 2.05) is 0 Å².